The Kier molecular flexibility index (Phi) is 7.88. The van der Waals surface area contributed by atoms with Crippen molar-refractivity contribution in [3.05, 3.63) is 0 Å². The summed E-state index contributed by atoms with van der Waals surface area (Å²) in [6, 6.07) is 0. The van der Waals surface area contributed by atoms with Crippen molar-refractivity contribution in [1.29, 1.82) is 0 Å². The molecular formula is C16H24O7. The van der Waals surface area contributed by atoms with E-state index in [0.29, 0.717) is 25.7 Å². The van der Waals surface area contributed by atoms with Crippen molar-refractivity contribution in [3.8, 4) is 0 Å². The van der Waals surface area contributed by atoms with Crippen LogP contribution in [0.5, 0.6) is 0 Å². The summed E-state index contributed by atoms with van der Waals surface area (Å²) in [5, 5.41) is 27.4. The normalized spacial score (nSPS) is 22.0. The Morgan fingerprint density at radius 2 is 1.65 bits per heavy atom. The first-order valence-electron chi connectivity index (χ1n) is 7.97. The van der Waals surface area contributed by atoms with Gasteiger partial charge in [-0.2, -0.15) is 0 Å². The van der Waals surface area contributed by atoms with E-state index in [1.54, 1.807) is 0 Å². The molecule has 0 spiro atoms. The second kappa shape index (κ2) is 9.39. The minimum atomic E-state index is -0.960. The molecule has 130 valence electrons. The number of carboxylic acid groups (broad SMARTS) is 2. The maximum absolute atomic E-state index is 11.9. The lowest BCUT2D eigenvalue weighted by Crippen LogP contribution is -2.29. The van der Waals surface area contributed by atoms with Gasteiger partial charge in [0.1, 0.15) is 11.6 Å². The lowest BCUT2D eigenvalue weighted by atomic mass is 9.84. The molecule has 3 unspecified atom stereocenters. The van der Waals surface area contributed by atoms with Crippen LogP contribution in [0.2, 0.25) is 0 Å². The average Bonchev–Trinajstić information content (AvgIpc) is 2.79. The summed E-state index contributed by atoms with van der Waals surface area (Å²) in [7, 11) is 0. The second-order valence-electron chi connectivity index (χ2n) is 6.12. The quantitative estimate of drug-likeness (QED) is 0.523. The monoisotopic (exact) mass is 328 g/mol. The van der Waals surface area contributed by atoms with Gasteiger partial charge >= 0.3 is 11.9 Å². The number of hydrogen-bond donors (Lipinski definition) is 3. The zero-order chi connectivity index (χ0) is 17.4. The van der Waals surface area contributed by atoms with Crippen molar-refractivity contribution in [2.75, 3.05) is 0 Å². The first-order chi connectivity index (χ1) is 10.8. The number of carbonyl (C=O) groups excluding carboxylic acids is 2. The number of hydrogen-bond acceptors (Lipinski definition) is 5. The number of carboxylic acids is 2. The summed E-state index contributed by atoms with van der Waals surface area (Å²) in [5.41, 5.74) is 0. The van der Waals surface area contributed by atoms with Gasteiger partial charge in [-0.05, 0) is 31.6 Å². The van der Waals surface area contributed by atoms with Crippen molar-refractivity contribution >= 4 is 23.5 Å². The number of rotatable bonds is 11. The smallest absolute Gasteiger partial charge is 0.303 e. The second-order valence-corrected chi connectivity index (χ2v) is 6.12. The summed E-state index contributed by atoms with van der Waals surface area (Å²) in [6.07, 6.45) is 0.915. The highest BCUT2D eigenvalue weighted by molar-refractivity contribution is 5.84. The number of ketones is 2. The highest BCUT2D eigenvalue weighted by Gasteiger charge is 2.38. The van der Waals surface area contributed by atoms with Crippen LogP contribution in [0, 0.1) is 11.8 Å². The molecule has 0 aromatic rings. The van der Waals surface area contributed by atoms with Crippen LogP contribution in [0.15, 0.2) is 0 Å². The predicted octanol–water partition coefficient (Wildman–Crippen LogP) is 1.41. The fraction of sp³-hybridized carbons (Fsp3) is 0.750. The third kappa shape index (κ3) is 6.90. The molecule has 3 N–H and O–H groups in total. The molecule has 0 heterocycles. The van der Waals surface area contributed by atoms with Gasteiger partial charge in [0, 0.05) is 38.0 Å². The number of aliphatic carboxylic acids is 2. The number of aliphatic hydroxyl groups is 1. The molecule has 7 heteroatoms. The molecule has 1 rings (SSSR count). The fourth-order valence-corrected chi connectivity index (χ4v) is 3.17. The third-order valence-electron chi connectivity index (χ3n) is 4.34. The van der Waals surface area contributed by atoms with Crippen LogP contribution in [0.25, 0.3) is 0 Å². The predicted molar refractivity (Wildman–Crippen MR) is 79.8 cm³/mol. The van der Waals surface area contributed by atoms with Gasteiger partial charge in [-0.1, -0.05) is 0 Å². The molecule has 3 atom stereocenters. The topological polar surface area (TPSA) is 129 Å². The Labute approximate surface area is 134 Å². The molecule has 1 fully saturated rings. The summed E-state index contributed by atoms with van der Waals surface area (Å²) in [4.78, 5) is 44.6. The first kappa shape index (κ1) is 19.3. The maximum atomic E-state index is 11.9. The van der Waals surface area contributed by atoms with Crippen molar-refractivity contribution in [2.45, 2.75) is 63.9 Å². The molecule has 1 aliphatic carbocycles. The Balaban J connectivity index is 2.44. The minimum Gasteiger partial charge on any atom is -0.481 e. The van der Waals surface area contributed by atoms with E-state index in [0.717, 1.165) is 0 Å². The fourth-order valence-electron chi connectivity index (χ4n) is 3.17. The van der Waals surface area contributed by atoms with E-state index in [1.807, 2.05) is 0 Å². The average molecular weight is 328 g/mol. The van der Waals surface area contributed by atoms with Crippen LogP contribution in [-0.4, -0.2) is 44.9 Å². The summed E-state index contributed by atoms with van der Waals surface area (Å²) >= 11 is 0. The summed E-state index contributed by atoms with van der Waals surface area (Å²) < 4.78 is 0. The van der Waals surface area contributed by atoms with Crippen molar-refractivity contribution in [1.82, 2.24) is 0 Å². The molecule has 0 bridgehead atoms. The highest BCUT2D eigenvalue weighted by Crippen LogP contribution is 2.36. The van der Waals surface area contributed by atoms with Gasteiger partial charge in [-0.25, -0.2) is 0 Å². The Bertz CT molecular complexity index is 457. The zero-order valence-electron chi connectivity index (χ0n) is 13.1. The lowest BCUT2D eigenvalue weighted by molar-refractivity contribution is -0.138. The standard InChI is InChI=1S/C16H24O7/c17-10(3-1-5-15(20)21)9-14(19)12-7-8-13(18)11(12)4-2-6-16(22)23/h11-12,14,19H,1-9H2,(H,20,21)(H,22,23). The molecule has 0 aliphatic heterocycles. The number of carbonyl (C=O) groups is 4. The third-order valence-corrected chi connectivity index (χ3v) is 4.34. The molecule has 0 amide bonds. The first-order valence-corrected chi connectivity index (χ1v) is 7.97. The molecule has 23 heavy (non-hydrogen) atoms. The summed E-state index contributed by atoms with van der Waals surface area (Å²) in [5.74, 6) is -2.74. The van der Waals surface area contributed by atoms with E-state index in [4.69, 9.17) is 10.2 Å². The van der Waals surface area contributed by atoms with Crippen LogP contribution in [0.4, 0.5) is 0 Å². The van der Waals surface area contributed by atoms with Crippen LogP contribution < -0.4 is 0 Å². The van der Waals surface area contributed by atoms with Gasteiger partial charge in [0.2, 0.25) is 0 Å². The largest absolute Gasteiger partial charge is 0.481 e. The van der Waals surface area contributed by atoms with E-state index >= 15 is 0 Å². The molecule has 1 aliphatic rings. The molecule has 0 radical (unpaired) electrons. The SMILES string of the molecule is O=C(O)CCCC(=O)CC(O)C1CCC(=O)C1CCCC(=O)O. The van der Waals surface area contributed by atoms with Gasteiger partial charge in [0.25, 0.3) is 0 Å². The Morgan fingerprint density at radius 3 is 2.26 bits per heavy atom. The summed E-state index contributed by atoms with van der Waals surface area (Å²) in [6.45, 7) is 0. The molecule has 1 saturated carbocycles. The zero-order valence-corrected chi connectivity index (χ0v) is 13.1. The molecule has 0 aromatic heterocycles. The van der Waals surface area contributed by atoms with Crippen molar-refractivity contribution in [3.63, 3.8) is 0 Å². The number of Topliss-reactive ketones (excluding diaryl/α,β-unsaturated/α-hetero) is 2. The van der Waals surface area contributed by atoms with Crippen LogP contribution in [0.1, 0.15) is 57.8 Å². The van der Waals surface area contributed by atoms with E-state index in [1.165, 1.54) is 0 Å². The Hall–Kier alpha value is -1.76. The molecule has 7 nitrogen and oxygen atoms in total. The van der Waals surface area contributed by atoms with E-state index < -0.39 is 18.0 Å². The van der Waals surface area contributed by atoms with Crippen LogP contribution in [-0.2, 0) is 19.2 Å². The van der Waals surface area contributed by atoms with Gasteiger partial charge in [-0.3, -0.25) is 19.2 Å². The van der Waals surface area contributed by atoms with Gasteiger partial charge in [-0.15, -0.1) is 0 Å². The van der Waals surface area contributed by atoms with Gasteiger partial charge in [0.05, 0.1) is 6.10 Å². The van der Waals surface area contributed by atoms with Gasteiger partial charge in [0.15, 0.2) is 0 Å². The van der Waals surface area contributed by atoms with E-state index in [9.17, 15) is 24.3 Å². The molecule has 0 saturated heterocycles. The lowest BCUT2D eigenvalue weighted by Gasteiger charge is -2.23. The minimum absolute atomic E-state index is 0.0132. The van der Waals surface area contributed by atoms with E-state index in [-0.39, 0.29) is 55.5 Å². The molecule has 0 aromatic carbocycles. The van der Waals surface area contributed by atoms with Crippen molar-refractivity contribution < 1.29 is 34.5 Å². The van der Waals surface area contributed by atoms with E-state index in [2.05, 4.69) is 0 Å². The van der Waals surface area contributed by atoms with Crippen molar-refractivity contribution in [2.24, 2.45) is 11.8 Å². The van der Waals surface area contributed by atoms with Gasteiger partial charge < -0.3 is 15.3 Å². The van der Waals surface area contributed by atoms with Crippen LogP contribution in [0.3, 0.4) is 0 Å². The maximum Gasteiger partial charge on any atom is 0.303 e. The molecular weight excluding hydrogens is 304 g/mol. The highest BCUT2D eigenvalue weighted by atomic mass is 16.4. The number of aliphatic hydroxyl groups excluding tert-OH is 1. The Morgan fingerprint density at radius 1 is 1.04 bits per heavy atom. The van der Waals surface area contributed by atoms with Crippen LogP contribution >= 0.6 is 0 Å².